The van der Waals surface area contributed by atoms with Gasteiger partial charge in [-0.15, -0.1) is 0 Å². The molecule has 2 heterocycles. The van der Waals surface area contributed by atoms with Gasteiger partial charge in [0.2, 0.25) is 0 Å². The van der Waals surface area contributed by atoms with Gasteiger partial charge >= 0.3 is 0 Å². The molecule has 0 aliphatic carbocycles. The van der Waals surface area contributed by atoms with Crippen molar-refractivity contribution < 1.29 is 4.74 Å². The molecule has 0 radical (unpaired) electrons. The number of thioether (sulfide) groups is 1. The van der Waals surface area contributed by atoms with Gasteiger partial charge in [-0.1, -0.05) is 0 Å². The molecule has 140 valence electrons. The van der Waals surface area contributed by atoms with Gasteiger partial charge in [-0.2, -0.15) is 10.4 Å². The first-order chi connectivity index (χ1) is 12.9. The molecule has 0 amide bonds. The van der Waals surface area contributed by atoms with E-state index in [0.29, 0.717) is 23.4 Å². The summed E-state index contributed by atoms with van der Waals surface area (Å²) >= 11 is 1.02. The van der Waals surface area contributed by atoms with Crippen molar-refractivity contribution >= 4 is 22.0 Å². The molecule has 27 heavy (non-hydrogen) atoms. The Balaban J connectivity index is 1.78. The number of rotatable bonds is 3. The summed E-state index contributed by atoms with van der Waals surface area (Å²) in [5.41, 5.74) is 4.07. The Morgan fingerprint density at radius 3 is 2.85 bits per heavy atom. The van der Waals surface area contributed by atoms with Gasteiger partial charge in [0.05, 0.1) is 17.4 Å². The fourth-order valence-electron chi connectivity index (χ4n) is 2.99. The summed E-state index contributed by atoms with van der Waals surface area (Å²) in [5, 5.41) is 34.2. The highest BCUT2D eigenvalue weighted by Gasteiger charge is 2.21. The summed E-state index contributed by atoms with van der Waals surface area (Å²) in [6.45, 7) is 7.38. The Morgan fingerprint density at radius 1 is 1.41 bits per heavy atom. The lowest BCUT2D eigenvalue weighted by atomic mass is 10.1. The van der Waals surface area contributed by atoms with Gasteiger partial charge in [0.15, 0.2) is 5.17 Å². The molecule has 3 N–H and O–H groups in total. The molecule has 2 aromatic rings. The van der Waals surface area contributed by atoms with Gasteiger partial charge in [0, 0.05) is 17.8 Å². The number of nitrogens with zero attached hydrogens (tertiary/aromatic N) is 3. The van der Waals surface area contributed by atoms with Crippen molar-refractivity contribution in [3.63, 3.8) is 0 Å². The number of nitrogens with one attached hydrogen (secondary N) is 3. The van der Waals surface area contributed by atoms with Crippen LogP contribution in [0.25, 0.3) is 0 Å². The van der Waals surface area contributed by atoms with Crippen LogP contribution in [0.15, 0.2) is 18.2 Å². The summed E-state index contributed by atoms with van der Waals surface area (Å²) in [6.07, 6.45) is 0.868. The number of benzene rings is 1. The molecule has 1 aromatic carbocycles. The van der Waals surface area contributed by atoms with Gasteiger partial charge < -0.3 is 10.1 Å². The number of hydrogen-bond donors (Lipinski definition) is 3. The topological polar surface area (TPSA) is 111 Å². The van der Waals surface area contributed by atoms with E-state index in [0.717, 1.165) is 36.1 Å². The summed E-state index contributed by atoms with van der Waals surface area (Å²) in [5.74, 6) is 0.507. The van der Waals surface area contributed by atoms with Crippen LogP contribution in [0.1, 0.15) is 41.9 Å². The van der Waals surface area contributed by atoms with E-state index >= 15 is 0 Å². The van der Waals surface area contributed by atoms with Crippen LogP contribution < -0.4 is 10.1 Å². The van der Waals surface area contributed by atoms with Crippen LogP contribution in [0.2, 0.25) is 0 Å². The fourth-order valence-corrected chi connectivity index (χ4v) is 3.69. The Kier molecular flexibility index (Phi) is 5.63. The Labute approximate surface area is 162 Å². The van der Waals surface area contributed by atoms with Crippen molar-refractivity contribution in [3.05, 3.63) is 46.3 Å². The average Bonchev–Trinajstić information content (AvgIpc) is 2.98. The second kappa shape index (κ2) is 7.94. The maximum atomic E-state index is 9.36. The van der Waals surface area contributed by atoms with E-state index in [2.05, 4.69) is 16.5 Å². The number of aromatic nitrogens is 2. The molecule has 0 bridgehead atoms. The van der Waals surface area contributed by atoms with Crippen molar-refractivity contribution in [1.29, 1.82) is 16.1 Å². The minimum Gasteiger partial charge on any atom is -0.490 e. The zero-order valence-electron chi connectivity index (χ0n) is 15.6. The molecule has 8 heteroatoms. The van der Waals surface area contributed by atoms with E-state index in [-0.39, 0.29) is 16.3 Å². The van der Waals surface area contributed by atoms with Crippen LogP contribution in [0.4, 0.5) is 0 Å². The predicted molar refractivity (Wildman–Crippen MR) is 107 cm³/mol. The average molecular weight is 382 g/mol. The monoisotopic (exact) mass is 382 g/mol. The minimum absolute atomic E-state index is 0.0340. The van der Waals surface area contributed by atoms with Gasteiger partial charge in [-0.3, -0.25) is 10.8 Å². The SMILES string of the molecule is Cc1c2c(nn1C(=N)SC(=N)c1ccc(OC(C)C)c(C#N)c1)CNCC2. The normalized spacial score (nSPS) is 13.1. The van der Waals surface area contributed by atoms with Gasteiger partial charge in [0.1, 0.15) is 16.9 Å². The van der Waals surface area contributed by atoms with E-state index in [4.69, 9.17) is 15.6 Å². The lowest BCUT2D eigenvalue weighted by Gasteiger charge is -2.13. The fraction of sp³-hybridized carbons (Fsp3) is 0.368. The van der Waals surface area contributed by atoms with Gasteiger partial charge in [0.25, 0.3) is 0 Å². The maximum Gasteiger partial charge on any atom is 0.187 e. The van der Waals surface area contributed by atoms with Crippen LogP contribution in [-0.4, -0.2) is 32.6 Å². The van der Waals surface area contributed by atoms with Crippen LogP contribution >= 0.6 is 11.8 Å². The Bertz CT molecular complexity index is 940. The lowest BCUT2D eigenvalue weighted by molar-refractivity contribution is 0.241. The Hall–Kier alpha value is -2.63. The summed E-state index contributed by atoms with van der Waals surface area (Å²) < 4.78 is 7.22. The van der Waals surface area contributed by atoms with Crippen LogP contribution in [0.5, 0.6) is 5.75 Å². The first kappa shape index (κ1) is 19.1. The first-order valence-electron chi connectivity index (χ1n) is 8.75. The highest BCUT2D eigenvalue weighted by Crippen LogP contribution is 2.25. The summed E-state index contributed by atoms with van der Waals surface area (Å²) in [6, 6.07) is 7.19. The molecule has 3 rings (SSSR count). The molecule has 0 fully saturated rings. The van der Waals surface area contributed by atoms with Gasteiger partial charge in [-0.05, 0) is 69.3 Å². The number of nitriles is 1. The highest BCUT2D eigenvalue weighted by atomic mass is 32.2. The largest absolute Gasteiger partial charge is 0.490 e. The zero-order valence-corrected chi connectivity index (χ0v) is 16.4. The third-order valence-electron chi connectivity index (χ3n) is 4.28. The van der Waals surface area contributed by atoms with Crippen LogP contribution in [0, 0.1) is 29.1 Å². The van der Waals surface area contributed by atoms with E-state index in [9.17, 15) is 5.26 Å². The minimum atomic E-state index is -0.0340. The number of hydrogen-bond acceptors (Lipinski definition) is 7. The second-order valence-corrected chi connectivity index (χ2v) is 7.57. The van der Waals surface area contributed by atoms with Gasteiger partial charge in [-0.25, -0.2) is 4.68 Å². The summed E-state index contributed by atoms with van der Waals surface area (Å²) in [7, 11) is 0. The first-order valence-corrected chi connectivity index (χ1v) is 9.57. The molecule has 0 unspecified atom stereocenters. The molecule has 7 nitrogen and oxygen atoms in total. The molecule has 0 atom stereocenters. The summed E-state index contributed by atoms with van der Waals surface area (Å²) in [4.78, 5) is 0. The second-order valence-electron chi connectivity index (χ2n) is 6.57. The molecule has 0 saturated heterocycles. The number of fused-ring (bicyclic) bond motifs is 1. The van der Waals surface area contributed by atoms with Crippen LogP contribution in [-0.2, 0) is 13.0 Å². The van der Waals surface area contributed by atoms with Crippen molar-refractivity contribution in [2.24, 2.45) is 0 Å². The maximum absolute atomic E-state index is 9.36. The molecule has 0 saturated carbocycles. The van der Waals surface area contributed by atoms with E-state index in [1.54, 1.807) is 22.9 Å². The quantitative estimate of drug-likeness (QED) is 0.558. The van der Waals surface area contributed by atoms with E-state index in [1.165, 1.54) is 5.56 Å². The molecular formula is C19H22N6OS. The third-order valence-corrected chi connectivity index (χ3v) is 5.09. The predicted octanol–water partition coefficient (Wildman–Crippen LogP) is 3.04. The molecule has 1 aliphatic rings. The molecule has 1 aromatic heterocycles. The lowest BCUT2D eigenvalue weighted by Crippen LogP contribution is -2.23. The van der Waals surface area contributed by atoms with Crippen molar-refractivity contribution in [1.82, 2.24) is 15.1 Å². The highest BCUT2D eigenvalue weighted by molar-refractivity contribution is 8.26. The molecular weight excluding hydrogens is 360 g/mol. The standard InChI is InChI=1S/C19H22N6OS/c1-11(2)26-17-5-4-13(8-14(17)9-20)18(21)27-19(22)25-12(3)15-6-7-23-10-16(15)24-25/h4-5,8,11,21-23H,6-7,10H2,1-3H3. The van der Waals surface area contributed by atoms with E-state index < -0.39 is 0 Å². The van der Waals surface area contributed by atoms with Crippen molar-refractivity contribution in [2.45, 2.75) is 39.8 Å². The van der Waals surface area contributed by atoms with Crippen molar-refractivity contribution in [3.8, 4) is 11.8 Å². The number of ether oxygens (including phenoxy) is 1. The molecule has 1 aliphatic heterocycles. The Morgan fingerprint density at radius 2 is 2.19 bits per heavy atom. The third kappa shape index (κ3) is 4.04. The molecule has 0 spiro atoms. The van der Waals surface area contributed by atoms with Crippen molar-refractivity contribution in [2.75, 3.05) is 6.54 Å². The smallest absolute Gasteiger partial charge is 0.187 e. The van der Waals surface area contributed by atoms with Crippen LogP contribution in [0.3, 0.4) is 0 Å². The zero-order chi connectivity index (χ0) is 19.6. The van der Waals surface area contributed by atoms with E-state index in [1.807, 2.05) is 20.8 Å².